The van der Waals surface area contributed by atoms with Gasteiger partial charge in [-0.2, -0.15) is 4.31 Å². The Hall–Kier alpha value is -1.47. The summed E-state index contributed by atoms with van der Waals surface area (Å²) in [6, 6.07) is 4.81. The van der Waals surface area contributed by atoms with Crippen molar-refractivity contribution in [1.29, 1.82) is 0 Å². The molecule has 2 aliphatic heterocycles. The third kappa shape index (κ3) is 3.26. The van der Waals surface area contributed by atoms with E-state index in [9.17, 15) is 17.6 Å². The van der Waals surface area contributed by atoms with E-state index in [1.807, 2.05) is 0 Å². The highest BCUT2D eigenvalue weighted by Gasteiger charge is 2.45. The SMILES string of the molecule is CC(=O)NC1CC2CCCC(C1)N2S(=O)(=O)c1ccc(F)cc1. The van der Waals surface area contributed by atoms with E-state index in [4.69, 9.17) is 0 Å². The van der Waals surface area contributed by atoms with Crippen molar-refractivity contribution in [3.05, 3.63) is 30.1 Å². The Balaban J connectivity index is 1.87. The molecule has 0 saturated carbocycles. The topological polar surface area (TPSA) is 66.5 Å². The zero-order chi connectivity index (χ0) is 16.6. The zero-order valence-electron chi connectivity index (χ0n) is 13.0. The molecule has 0 aliphatic carbocycles. The second-order valence-corrected chi connectivity index (χ2v) is 8.24. The van der Waals surface area contributed by atoms with Gasteiger partial charge in [-0.1, -0.05) is 6.42 Å². The molecule has 0 spiro atoms. The molecule has 2 fully saturated rings. The molecule has 23 heavy (non-hydrogen) atoms. The lowest BCUT2D eigenvalue weighted by atomic mass is 9.84. The monoisotopic (exact) mass is 340 g/mol. The van der Waals surface area contributed by atoms with Gasteiger partial charge in [-0.15, -0.1) is 0 Å². The van der Waals surface area contributed by atoms with Crippen LogP contribution >= 0.6 is 0 Å². The highest BCUT2D eigenvalue weighted by molar-refractivity contribution is 7.89. The summed E-state index contributed by atoms with van der Waals surface area (Å²) in [6.45, 7) is 1.48. The molecule has 7 heteroatoms. The van der Waals surface area contributed by atoms with E-state index in [-0.39, 0.29) is 28.9 Å². The average Bonchev–Trinajstić information content (AvgIpc) is 2.46. The number of piperidine rings is 2. The minimum atomic E-state index is -3.64. The van der Waals surface area contributed by atoms with Crippen molar-refractivity contribution in [3.63, 3.8) is 0 Å². The molecule has 2 unspecified atom stereocenters. The average molecular weight is 340 g/mol. The number of rotatable bonds is 3. The van der Waals surface area contributed by atoms with Gasteiger partial charge in [0.25, 0.3) is 0 Å². The van der Waals surface area contributed by atoms with Crippen LogP contribution < -0.4 is 5.32 Å². The van der Waals surface area contributed by atoms with Gasteiger partial charge in [0.15, 0.2) is 0 Å². The van der Waals surface area contributed by atoms with Crippen molar-refractivity contribution in [2.24, 2.45) is 0 Å². The molecule has 1 aromatic rings. The van der Waals surface area contributed by atoms with Crippen LogP contribution in [0.2, 0.25) is 0 Å². The maximum atomic E-state index is 13.1. The zero-order valence-corrected chi connectivity index (χ0v) is 13.9. The fraction of sp³-hybridized carbons (Fsp3) is 0.562. The lowest BCUT2D eigenvalue weighted by molar-refractivity contribution is -0.120. The van der Waals surface area contributed by atoms with Crippen LogP contribution in [0, 0.1) is 5.82 Å². The van der Waals surface area contributed by atoms with Gasteiger partial charge >= 0.3 is 0 Å². The Labute approximate surface area is 135 Å². The van der Waals surface area contributed by atoms with E-state index in [1.165, 1.54) is 31.2 Å². The normalized spacial score (nSPS) is 28.3. The number of halogens is 1. The maximum Gasteiger partial charge on any atom is 0.243 e. The first-order chi connectivity index (χ1) is 10.9. The van der Waals surface area contributed by atoms with Gasteiger partial charge in [0.05, 0.1) is 4.90 Å². The van der Waals surface area contributed by atoms with Crippen LogP contribution in [-0.2, 0) is 14.8 Å². The summed E-state index contributed by atoms with van der Waals surface area (Å²) < 4.78 is 40.6. The van der Waals surface area contributed by atoms with Crippen LogP contribution in [0.4, 0.5) is 4.39 Å². The Morgan fingerprint density at radius 1 is 1.17 bits per heavy atom. The van der Waals surface area contributed by atoms with Crippen molar-refractivity contribution in [1.82, 2.24) is 9.62 Å². The number of hydrogen-bond acceptors (Lipinski definition) is 3. The molecule has 0 aromatic heterocycles. The Morgan fingerprint density at radius 2 is 1.74 bits per heavy atom. The number of fused-ring (bicyclic) bond motifs is 2. The van der Waals surface area contributed by atoms with Gasteiger partial charge in [0.1, 0.15) is 5.82 Å². The van der Waals surface area contributed by atoms with Gasteiger partial charge < -0.3 is 5.32 Å². The predicted octanol–water partition coefficient (Wildman–Crippen LogP) is 2.04. The first-order valence-corrected chi connectivity index (χ1v) is 9.38. The third-order valence-electron chi connectivity index (χ3n) is 4.70. The molecular weight excluding hydrogens is 319 g/mol. The van der Waals surface area contributed by atoms with E-state index in [2.05, 4.69) is 5.32 Å². The molecule has 0 radical (unpaired) electrons. The summed E-state index contributed by atoms with van der Waals surface area (Å²) in [5, 5.41) is 2.92. The van der Waals surface area contributed by atoms with E-state index < -0.39 is 15.8 Å². The van der Waals surface area contributed by atoms with E-state index >= 15 is 0 Å². The van der Waals surface area contributed by atoms with Gasteiger partial charge in [-0.25, -0.2) is 12.8 Å². The quantitative estimate of drug-likeness (QED) is 0.916. The Bertz CT molecular complexity index is 676. The third-order valence-corrected chi connectivity index (χ3v) is 6.72. The van der Waals surface area contributed by atoms with Crippen molar-refractivity contribution in [2.45, 2.75) is 62.0 Å². The van der Waals surface area contributed by atoms with Crippen molar-refractivity contribution >= 4 is 15.9 Å². The van der Waals surface area contributed by atoms with Gasteiger partial charge in [-0.05, 0) is 49.9 Å². The fourth-order valence-corrected chi connectivity index (χ4v) is 5.76. The van der Waals surface area contributed by atoms with Crippen molar-refractivity contribution in [2.75, 3.05) is 0 Å². The number of benzene rings is 1. The van der Waals surface area contributed by atoms with Crippen molar-refractivity contribution in [3.8, 4) is 0 Å². The van der Waals surface area contributed by atoms with Crippen LogP contribution in [0.3, 0.4) is 0 Å². The van der Waals surface area contributed by atoms with E-state index in [0.29, 0.717) is 12.8 Å². The van der Waals surface area contributed by atoms with Crippen LogP contribution in [0.1, 0.15) is 39.0 Å². The second-order valence-electron chi connectivity index (χ2n) is 6.40. The number of hydrogen-bond donors (Lipinski definition) is 1. The lowest BCUT2D eigenvalue weighted by Crippen LogP contribution is -2.58. The van der Waals surface area contributed by atoms with Gasteiger partial charge in [0.2, 0.25) is 15.9 Å². The molecule has 126 valence electrons. The summed E-state index contributed by atoms with van der Waals surface area (Å²) >= 11 is 0. The molecule has 1 aromatic carbocycles. The predicted molar refractivity (Wildman–Crippen MR) is 83.7 cm³/mol. The molecule has 1 amide bonds. The number of carbonyl (C=O) groups excluding carboxylic acids is 1. The molecule has 3 rings (SSSR count). The lowest BCUT2D eigenvalue weighted by Gasteiger charge is -2.47. The molecule has 2 bridgehead atoms. The first kappa shape index (κ1) is 16.4. The highest BCUT2D eigenvalue weighted by Crippen LogP contribution is 2.38. The smallest absolute Gasteiger partial charge is 0.243 e. The standard InChI is InChI=1S/C16H21FN2O3S/c1-11(20)18-13-9-14-3-2-4-15(10-13)19(14)23(21,22)16-7-5-12(17)6-8-16/h5-8,13-15H,2-4,9-10H2,1H3,(H,18,20). The minimum Gasteiger partial charge on any atom is -0.353 e. The molecule has 2 atom stereocenters. The maximum absolute atomic E-state index is 13.1. The van der Waals surface area contributed by atoms with E-state index in [1.54, 1.807) is 4.31 Å². The van der Waals surface area contributed by atoms with Gasteiger partial charge in [-0.3, -0.25) is 4.79 Å². The molecule has 5 nitrogen and oxygen atoms in total. The summed E-state index contributed by atoms with van der Waals surface area (Å²) in [6.07, 6.45) is 3.87. The summed E-state index contributed by atoms with van der Waals surface area (Å²) in [5.74, 6) is -0.531. The number of sulfonamides is 1. The largest absolute Gasteiger partial charge is 0.353 e. The molecule has 2 saturated heterocycles. The number of amides is 1. The highest BCUT2D eigenvalue weighted by atomic mass is 32.2. The summed E-state index contributed by atoms with van der Waals surface area (Å²) in [7, 11) is -3.64. The Kier molecular flexibility index (Phi) is 4.42. The molecular formula is C16H21FN2O3S. The number of carbonyl (C=O) groups is 1. The molecule has 2 heterocycles. The molecule has 1 N–H and O–H groups in total. The summed E-state index contributed by atoms with van der Waals surface area (Å²) in [4.78, 5) is 11.4. The molecule has 2 aliphatic rings. The van der Waals surface area contributed by atoms with Crippen LogP contribution in [0.25, 0.3) is 0 Å². The second kappa shape index (κ2) is 6.20. The fourth-order valence-electron chi connectivity index (χ4n) is 3.86. The number of nitrogens with one attached hydrogen (secondary N) is 1. The number of nitrogens with zero attached hydrogens (tertiary/aromatic N) is 1. The van der Waals surface area contributed by atoms with E-state index in [0.717, 1.165) is 19.3 Å². The van der Waals surface area contributed by atoms with Gasteiger partial charge in [0, 0.05) is 25.0 Å². The van der Waals surface area contributed by atoms with Crippen molar-refractivity contribution < 1.29 is 17.6 Å². The first-order valence-electron chi connectivity index (χ1n) is 7.94. The van der Waals surface area contributed by atoms with Crippen LogP contribution in [0.15, 0.2) is 29.2 Å². The van der Waals surface area contributed by atoms with Crippen LogP contribution in [-0.4, -0.2) is 36.8 Å². The minimum absolute atomic E-state index is 0.0301. The van der Waals surface area contributed by atoms with Crippen LogP contribution in [0.5, 0.6) is 0 Å². The summed E-state index contributed by atoms with van der Waals surface area (Å²) in [5.41, 5.74) is 0. The Morgan fingerprint density at radius 3 is 2.26 bits per heavy atom.